The molecule has 0 bridgehead atoms. The van der Waals surface area contributed by atoms with Gasteiger partial charge in [-0.2, -0.15) is 0 Å². The normalized spacial score (nSPS) is 20.2. The lowest BCUT2D eigenvalue weighted by atomic mass is 10.1. The predicted octanol–water partition coefficient (Wildman–Crippen LogP) is 3.74. The molecule has 1 unspecified atom stereocenters. The number of alkyl halides is 1. The maximum Gasteiger partial charge on any atom is 0.257 e. The van der Waals surface area contributed by atoms with Crippen LogP contribution < -0.4 is 0 Å². The third kappa shape index (κ3) is 3.32. The maximum atomic E-state index is 13.7. The smallest absolute Gasteiger partial charge is 0.257 e. The molecule has 0 spiro atoms. The van der Waals surface area contributed by atoms with Gasteiger partial charge in [0, 0.05) is 17.9 Å². The Balaban J connectivity index is 2.27. The molecule has 1 saturated heterocycles. The van der Waals surface area contributed by atoms with Gasteiger partial charge in [-0.3, -0.25) is 4.79 Å². The van der Waals surface area contributed by atoms with Crippen LogP contribution in [-0.4, -0.2) is 28.7 Å². The van der Waals surface area contributed by atoms with Crippen molar-refractivity contribution < 1.29 is 13.6 Å². The number of hydrogen-bond acceptors (Lipinski definition) is 1. The summed E-state index contributed by atoms with van der Waals surface area (Å²) in [6.07, 6.45) is 3.94. The Labute approximate surface area is 119 Å². The Hall–Kier alpha value is -0.970. The number of nitrogens with zero attached hydrogens (tertiary/aromatic N) is 1. The number of likely N-dealkylation sites (tertiary alicyclic amines) is 1. The molecule has 1 fully saturated rings. The number of carbonyl (C=O) groups is 1. The fraction of sp³-hybridized carbons (Fsp3) is 0.500. The molecule has 19 heavy (non-hydrogen) atoms. The van der Waals surface area contributed by atoms with Crippen molar-refractivity contribution in [3.63, 3.8) is 0 Å². The Morgan fingerprint density at radius 1 is 1.32 bits per heavy atom. The topological polar surface area (TPSA) is 20.3 Å². The van der Waals surface area contributed by atoms with E-state index in [1.54, 1.807) is 4.90 Å². The summed E-state index contributed by atoms with van der Waals surface area (Å²) in [5.74, 6) is -1.66. The number of halogens is 3. The largest absolute Gasteiger partial charge is 0.335 e. The van der Waals surface area contributed by atoms with E-state index in [9.17, 15) is 13.6 Å². The Morgan fingerprint density at radius 2 is 2.11 bits per heavy atom. The summed E-state index contributed by atoms with van der Waals surface area (Å²) in [7, 11) is 0. The third-order valence-corrected chi connectivity index (χ3v) is 4.22. The van der Waals surface area contributed by atoms with Crippen LogP contribution in [0.1, 0.15) is 36.0 Å². The first-order valence-corrected chi connectivity index (χ1v) is 7.57. The van der Waals surface area contributed by atoms with E-state index in [0.29, 0.717) is 11.9 Å². The lowest BCUT2D eigenvalue weighted by Crippen LogP contribution is -2.41. The molecule has 0 aromatic heterocycles. The van der Waals surface area contributed by atoms with Gasteiger partial charge in [0.15, 0.2) is 0 Å². The van der Waals surface area contributed by atoms with Crippen LogP contribution >= 0.6 is 15.9 Å². The number of carbonyl (C=O) groups excluding carboxylic acids is 1. The summed E-state index contributed by atoms with van der Waals surface area (Å²) in [5, 5.41) is 0.662. The second-order valence-electron chi connectivity index (χ2n) is 4.78. The van der Waals surface area contributed by atoms with Crippen molar-refractivity contribution >= 4 is 21.8 Å². The summed E-state index contributed by atoms with van der Waals surface area (Å²) in [6.45, 7) is 0.602. The van der Waals surface area contributed by atoms with E-state index in [1.807, 2.05) is 0 Å². The quantitative estimate of drug-likeness (QED) is 0.756. The van der Waals surface area contributed by atoms with E-state index in [0.717, 1.165) is 43.9 Å². The average Bonchev–Trinajstić information content (AvgIpc) is 2.65. The van der Waals surface area contributed by atoms with Crippen molar-refractivity contribution in [2.45, 2.75) is 31.7 Å². The van der Waals surface area contributed by atoms with Crippen LogP contribution in [0.15, 0.2) is 18.2 Å². The molecule has 1 amide bonds. The van der Waals surface area contributed by atoms with Crippen LogP contribution in [0.5, 0.6) is 0 Å². The Kier molecular flexibility index (Phi) is 4.91. The van der Waals surface area contributed by atoms with E-state index >= 15 is 0 Å². The molecule has 5 heteroatoms. The lowest BCUT2D eigenvalue weighted by molar-refractivity contribution is 0.0697. The van der Waals surface area contributed by atoms with Gasteiger partial charge in [-0.1, -0.05) is 28.8 Å². The predicted molar refractivity (Wildman–Crippen MR) is 73.4 cm³/mol. The average molecular weight is 332 g/mol. The van der Waals surface area contributed by atoms with Crippen molar-refractivity contribution in [2.24, 2.45) is 0 Å². The van der Waals surface area contributed by atoms with Crippen LogP contribution in [0.3, 0.4) is 0 Å². The summed E-state index contributed by atoms with van der Waals surface area (Å²) in [4.78, 5) is 14.1. The standard InChI is InChI=1S/C14H16BrF2NO/c15-9-11-4-2-1-3-7-18(11)14(19)12-8-10(16)5-6-13(12)17/h5-6,8,11H,1-4,7,9H2. The molecule has 2 rings (SSSR count). The molecular weight excluding hydrogens is 316 g/mol. The van der Waals surface area contributed by atoms with E-state index in [-0.39, 0.29) is 11.6 Å². The molecule has 1 aliphatic heterocycles. The summed E-state index contributed by atoms with van der Waals surface area (Å²) in [6, 6.07) is 3.06. The summed E-state index contributed by atoms with van der Waals surface area (Å²) >= 11 is 3.40. The van der Waals surface area contributed by atoms with Gasteiger partial charge in [-0.25, -0.2) is 8.78 Å². The fourth-order valence-electron chi connectivity index (χ4n) is 2.42. The first kappa shape index (κ1) is 14.4. The number of benzene rings is 1. The van der Waals surface area contributed by atoms with Crippen molar-refractivity contribution in [2.75, 3.05) is 11.9 Å². The molecule has 0 radical (unpaired) electrons. The first-order valence-electron chi connectivity index (χ1n) is 6.45. The van der Waals surface area contributed by atoms with E-state index in [4.69, 9.17) is 0 Å². The van der Waals surface area contributed by atoms with Crippen LogP contribution in [0.4, 0.5) is 8.78 Å². The molecule has 1 aromatic carbocycles. The highest BCUT2D eigenvalue weighted by molar-refractivity contribution is 9.09. The Bertz CT molecular complexity index is 467. The van der Waals surface area contributed by atoms with Gasteiger partial charge < -0.3 is 4.90 Å². The zero-order chi connectivity index (χ0) is 13.8. The van der Waals surface area contributed by atoms with Crippen molar-refractivity contribution in [1.29, 1.82) is 0 Å². The van der Waals surface area contributed by atoms with Crippen LogP contribution in [0, 0.1) is 11.6 Å². The van der Waals surface area contributed by atoms with Gasteiger partial charge >= 0.3 is 0 Å². The van der Waals surface area contributed by atoms with Crippen molar-refractivity contribution in [3.05, 3.63) is 35.4 Å². The minimum atomic E-state index is -0.663. The zero-order valence-corrected chi connectivity index (χ0v) is 12.1. The second kappa shape index (κ2) is 6.46. The van der Waals surface area contributed by atoms with Gasteiger partial charge in [-0.05, 0) is 31.0 Å². The molecule has 1 aliphatic rings. The van der Waals surface area contributed by atoms with Crippen LogP contribution in [0.2, 0.25) is 0 Å². The van der Waals surface area contributed by atoms with Gasteiger partial charge in [-0.15, -0.1) is 0 Å². The molecule has 1 atom stereocenters. The number of hydrogen-bond donors (Lipinski definition) is 0. The number of amides is 1. The van der Waals surface area contributed by atoms with Gasteiger partial charge in [0.2, 0.25) is 0 Å². The molecule has 0 aliphatic carbocycles. The molecule has 2 nitrogen and oxygen atoms in total. The fourth-order valence-corrected chi connectivity index (χ4v) is 3.09. The highest BCUT2D eigenvalue weighted by atomic mass is 79.9. The van der Waals surface area contributed by atoms with E-state index < -0.39 is 17.5 Å². The SMILES string of the molecule is O=C(c1cc(F)ccc1F)N1CCCCCC1CBr. The minimum Gasteiger partial charge on any atom is -0.335 e. The van der Waals surface area contributed by atoms with Crippen LogP contribution in [0.25, 0.3) is 0 Å². The van der Waals surface area contributed by atoms with Gasteiger partial charge in [0.1, 0.15) is 11.6 Å². The highest BCUT2D eigenvalue weighted by Crippen LogP contribution is 2.22. The maximum absolute atomic E-state index is 13.7. The monoisotopic (exact) mass is 331 g/mol. The van der Waals surface area contributed by atoms with Gasteiger partial charge in [0.25, 0.3) is 5.91 Å². The summed E-state index contributed by atoms with van der Waals surface area (Å²) < 4.78 is 26.9. The van der Waals surface area contributed by atoms with Crippen molar-refractivity contribution in [3.8, 4) is 0 Å². The number of rotatable bonds is 2. The first-order chi connectivity index (χ1) is 9.13. The Morgan fingerprint density at radius 3 is 2.84 bits per heavy atom. The van der Waals surface area contributed by atoms with Crippen molar-refractivity contribution in [1.82, 2.24) is 4.90 Å². The van der Waals surface area contributed by atoms with Crippen LogP contribution in [-0.2, 0) is 0 Å². The molecule has 1 heterocycles. The molecule has 0 saturated carbocycles. The molecular formula is C14H16BrF2NO. The lowest BCUT2D eigenvalue weighted by Gasteiger charge is -2.29. The third-order valence-electron chi connectivity index (χ3n) is 3.47. The van der Waals surface area contributed by atoms with E-state index in [1.165, 1.54) is 0 Å². The minimum absolute atomic E-state index is 0.0534. The second-order valence-corrected chi connectivity index (χ2v) is 5.43. The molecule has 1 aromatic rings. The zero-order valence-electron chi connectivity index (χ0n) is 10.5. The summed E-state index contributed by atoms with van der Waals surface area (Å²) in [5.41, 5.74) is -0.173. The van der Waals surface area contributed by atoms with E-state index in [2.05, 4.69) is 15.9 Å². The highest BCUT2D eigenvalue weighted by Gasteiger charge is 2.27. The van der Waals surface area contributed by atoms with Gasteiger partial charge in [0.05, 0.1) is 5.56 Å². The molecule has 104 valence electrons. The molecule has 0 N–H and O–H groups in total.